The molecule has 0 spiro atoms. The molecule has 0 aliphatic rings. The van der Waals surface area contributed by atoms with Crippen molar-refractivity contribution in [1.82, 2.24) is 0 Å². The van der Waals surface area contributed by atoms with Crippen molar-refractivity contribution >= 4 is 27.0 Å². The molecule has 1 rings (SSSR count). The van der Waals surface area contributed by atoms with Gasteiger partial charge >= 0.3 is 0 Å². The van der Waals surface area contributed by atoms with Gasteiger partial charge < -0.3 is 0 Å². The van der Waals surface area contributed by atoms with E-state index in [2.05, 4.69) is 0 Å². The van der Waals surface area contributed by atoms with Gasteiger partial charge in [0.2, 0.25) is 0 Å². The molecule has 0 aliphatic heterocycles. The maximum atomic E-state index is 11.6. The number of hydrogen-bond acceptors (Lipinski definition) is 4. The highest BCUT2D eigenvalue weighted by Crippen LogP contribution is 2.11. The Hall–Kier alpha value is -0.680. The van der Waals surface area contributed by atoms with Crippen LogP contribution in [0.3, 0.4) is 0 Å². The van der Waals surface area contributed by atoms with Gasteiger partial charge in [-0.05, 0) is 17.9 Å². The zero-order chi connectivity index (χ0) is 12.0. The van der Waals surface area contributed by atoms with Crippen LogP contribution in [-0.4, -0.2) is 25.7 Å². The SMILES string of the molecule is CCCCCS(=O)(=O)CC(=O)c1cccs1. The normalized spacial score (nSPS) is 11.6. The predicted molar refractivity (Wildman–Crippen MR) is 66.8 cm³/mol. The number of thiophene rings is 1. The molecule has 0 atom stereocenters. The smallest absolute Gasteiger partial charge is 0.187 e. The number of unbranched alkanes of at least 4 members (excludes halogenated alkanes) is 2. The van der Waals surface area contributed by atoms with Gasteiger partial charge in [0.15, 0.2) is 15.6 Å². The first-order chi connectivity index (χ1) is 7.55. The Kier molecular flexibility index (Phi) is 5.15. The summed E-state index contributed by atoms with van der Waals surface area (Å²) >= 11 is 1.29. The van der Waals surface area contributed by atoms with Crippen LogP contribution in [0.25, 0.3) is 0 Å². The van der Waals surface area contributed by atoms with Crippen molar-refractivity contribution in [3.63, 3.8) is 0 Å². The molecule has 0 saturated carbocycles. The van der Waals surface area contributed by atoms with Gasteiger partial charge in [-0.1, -0.05) is 25.8 Å². The van der Waals surface area contributed by atoms with Crippen LogP contribution >= 0.6 is 11.3 Å². The van der Waals surface area contributed by atoms with Crippen molar-refractivity contribution in [2.45, 2.75) is 26.2 Å². The van der Waals surface area contributed by atoms with Gasteiger partial charge in [-0.2, -0.15) is 0 Å². The lowest BCUT2D eigenvalue weighted by molar-refractivity contribution is 0.102. The molecule has 3 nitrogen and oxygen atoms in total. The Morgan fingerprint density at radius 2 is 2.12 bits per heavy atom. The van der Waals surface area contributed by atoms with E-state index in [-0.39, 0.29) is 17.3 Å². The average molecular weight is 260 g/mol. The molecule has 0 unspecified atom stereocenters. The molecule has 0 aliphatic carbocycles. The fraction of sp³-hybridized carbons (Fsp3) is 0.545. The standard InChI is InChI=1S/C11H16O3S2/c1-2-3-4-8-16(13,14)9-10(12)11-6-5-7-15-11/h5-7H,2-4,8-9H2,1H3. The second-order valence-electron chi connectivity index (χ2n) is 3.70. The summed E-state index contributed by atoms with van der Waals surface area (Å²) in [5, 5.41) is 1.77. The number of hydrogen-bond donors (Lipinski definition) is 0. The fourth-order valence-corrected chi connectivity index (χ4v) is 3.45. The molecule has 1 heterocycles. The molecular weight excluding hydrogens is 244 g/mol. The van der Waals surface area contributed by atoms with E-state index in [4.69, 9.17) is 0 Å². The number of ketones is 1. The number of rotatable bonds is 7. The maximum absolute atomic E-state index is 11.6. The molecule has 5 heteroatoms. The van der Waals surface area contributed by atoms with E-state index >= 15 is 0 Å². The molecule has 1 aromatic heterocycles. The lowest BCUT2D eigenvalue weighted by Crippen LogP contribution is -2.18. The van der Waals surface area contributed by atoms with Crippen LogP contribution in [0.4, 0.5) is 0 Å². The molecule has 0 N–H and O–H groups in total. The summed E-state index contributed by atoms with van der Waals surface area (Å²) in [5.74, 6) is -0.513. The van der Waals surface area contributed by atoms with Crippen LogP contribution in [-0.2, 0) is 9.84 Å². The molecule has 0 fully saturated rings. The molecule has 0 aromatic carbocycles. The van der Waals surface area contributed by atoms with Gasteiger partial charge in [0.1, 0.15) is 5.75 Å². The van der Waals surface area contributed by atoms with Crippen molar-refractivity contribution in [3.8, 4) is 0 Å². The first-order valence-corrected chi connectivity index (χ1v) is 8.02. The van der Waals surface area contributed by atoms with E-state index in [9.17, 15) is 13.2 Å². The van der Waals surface area contributed by atoms with Crippen molar-refractivity contribution < 1.29 is 13.2 Å². The fourth-order valence-electron chi connectivity index (χ4n) is 1.35. The highest BCUT2D eigenvalue weighted by Gasteiger charge is 2.17. The van der Waals surface area contributed by atoms with Crippen molar-refractivity contribution in [3.05, 3.63) is 22.4 Å². The Morgan fingerprint density at radius 3 is 2.69 bits per heavy atom. The van der Waals surface area contributed by atoms with Crippen LogP contribution < -0.4 is 0 Å². The summed E-state index contributed by atoms with van der Waals surface area (Å²) < 4.78 is 23.2. The molecule has 16 heavy (non-hydrogen) atoms. The van der Waals surface area contributed by atoms with E-state index in [1.54, 1.807) is 17.5 Å². The quantitative estimate of drug-likeness (QED) is 0.559. The van der Waals surface area contributed by atoms with Crippen LogP contribution in [0, 0.1) is 0 Å². The zero-order valence-corrected chi connectivity index (χ0v) is 10.9. The predicted octanol–water partition coefficient (Wildman–Crippen LogP) is 2.54. The van der Waals surface area contributed by atoms with Gasteiger partial charge in [0.25, 0.3) is 0 Å². The molecule has 0 saturated heterocycles. The lowest BCUT2D eigenvalue weighted by Gasteiger charge is -2.01. The third-order valence-electron chi connectivity index (χ3n) is 2.21. The second kappa shape index (κ2) is 6.15. The van der Waals surface area contributed by atoms with Crippen LogP contribution in [0.1, 0.15) is 35.9 Å². The zero-order valence-electron chi connectivity index (χ0n) is 9.31. The monoisotopic (exact) mass is 260 g/mol. The lowest BCUT2D eigenvalue weighted by atomic mass is 10.3. The molecule has 1 aromatic rings. The molecule has 90 valence electrons. The van der Waals surface area contributed by atoms with Gasteiger partial charge in [0, 0.05) is 0 Å². The first-order valence-electron chi connectivity index (χ1n) is 5.32. The first kappa shape index (κ1) is 13.4. The summed E-state index contributed by atoms with van der Waals surface area (Å²) in [5.41, 5.74) is 0. The second-order valence-corrected chi connectivity index (χ2v) is 6.83. The average Bonchev–Trinajstić information content (AvgIpc) is 2.69. The highest BCUT2D eigenvalue weighted by molar-refractivity contribution is 7.92. The van der Waals surface area contributed by atoms with Crippen molar-refractivity contribution in [1.29, 1.82) is 0 Å². The number of sulfone groups is 1. The van der Waals surface area contributed by atoms with E-state index in [0.29, 0.717) is 11.3 Å². The number of Topliss-reactive ketones (excluding diaryl/α,β-unsaturated/α-hetero) is 1. The van der Waals surface area contributed by atoms with Crippen molar-refractivity contribution in [2.75, 3.05) is 11.5 Å². The number of carbonyl (C=O) groups is 1. The molecule has 0 radical (unpaired) electrons. The third kappa shape index (κ3) is 4.45. The largest absolute Gasteiger partial charge is 0.292 e. The van der Waals surface area contributed by atoms with E-state index in [1.165, 1.54) is 11.3 Å². The summed E-state index contributed by atoms with van der Waals surface area (Å²) in [6.07, 6.45) is 2.53. The highest BCUT2D eigenvalue weighted by atomic mass is 32.2. The van der Waals surface area contributed by atoms with Gasteiger partial charge in [0.05, 0.1) is 10.6 Å². The van der Waals surface area contributed by atoms with Crippen LogP contribution in [0.5, 0.6) is 0 Å². The summed E-state index contributed by atoms with van der Waals surface area (Å²) in [6, 6.07) is 3.41. The summed E-state index contributed by atoms with van der Waals surface area (Å²) in [7, 11) is -3.22. The van der Waals surface area contributed by atoms with Crippen LogP contribution in [0.15, 0.2) is 17.5 Å². The Bertz CT molecular complexity index is 418. The van der Waals surface area contributed by atoms with Crippen molar-refractivity contribution in [2.24, 2.45) is 0 Å². The van der Waals surface area contributed by atoms with Gasteiger partial charge in [-0.25, -0.2) is 8.42 Å². The topological polar surface area (TPSA) is 51.2 Å². The molecule has 0 amide bonds. The minimum Gasteiger partial charge on any atom is -0.292 e. The Balaban J connectivity index is 2.50. The number of carbonyl (C=O) groups excluding carboxylic acids is 1. The van der Waals surface area contributed by atoms with Gasteiger partial charge in [-0.3, -0.25) is 4.79 Å². The summed E-state index contributed by atoms with van der Waals surface area (Å²) in [4.78, 5) is 12.1. The Labute approximate surface area is 100 Å². The Morgan fingerprint density at radius 1 is 1.38 bits per heavy atom. The van der Waals surface area contributed by atoms with E-state index < -0.39 is 9.84 Å². The third-order valence-corrected chi connectivity index (χ3v) is 4.73. The molecule has 0 bridgehead atoms. The maximum Gasteiger partial charge on any atom is 0.187 e. The minimum absolute atomic E-state index is 0.123. The van der Waals surface area contributed by atoms with E-state index in [1.807, 2.05) is 6.92 Å². The van der Waals surface area contributed by atoms with Crippen LogP contribution in [0.2, 0.25) is 0 Å². The molecular formula is C11H16O3S2. The minimum atomic E-state index is -3.22. The summed E-state index contributed by atoms with van der Waals surface area (Å²) in [6.45, 7) is 2.02. The van der Waals surface area contributed by atoms with Gasteiger partial charge in [-0.15, -0.1) is 11.3 Å². The van der Waals surface area contributed by atoms with E-state index in [0.717, 1.165) is 12.8 Å².